The minimum absolute atomic E-state index is 0.313. The lowest BCUT2D eigenvalue weighted by Gasteiger charge is -2.31. The molecule has 92 valence electrons. The lowest BCUT2D eigenvalue weighted by molar-refractivity contribution is -0.119. The molecule has 0 aromatic carbocycles. The molecule has 0 aromatic heterocycles. The third kappa shape index (κ3) is 3.67. The maximum absolute atomic E-state index is 11.6. The topological polar surface area (TPSA) is 49.4 Å². The van der Waals surface area contributed by atoms with Gasteiger partial charge in [-0.1, -0.05) is 13.3 Å². The molecule has 1 fully saturated rings. The quantitative estimate of drug-likeness (QED) is 0.758. The highest BCUT2D eigenvalue weighted by Crippen LogP contribution is 2.19. The predicted octanol–water partition coefficient (Wildman–Crippen LogP) is 1.97. The molecular formula is C11H19ClN2O2. The molecule has 4 nitrogen and oxygen atoms in total. The summed E-state index contributed by atoms with van der Waals surface area (Å²) in [6, 6.07) is -0.313. The lowest BCUT2D eigenvalue weighted by Crippen LogP contribution is -2.47. The van der Waals surface area contributed by atoms with Crippen molar-refractivity contribution in [2.45, 2.75) is 38.5 Å². The Hall–Kier alpha value is -0.770. The van der Waals surface area contributed by atoms with Crippen LogP contribution in [0.15, 0.2) is 0 Å². The Bertz CT molecular complexity index is 261. The summed E-state index contributed by atoms with van der Waals surface area (Å²) in [6.07, 6.45) is 3.20. The zero-order chi connectivity index (χ0) is 12.1. The van der Waals surface area contributed by atoms with Gasteiger partial charge in [-0.05, 0) is 25.7 Å². The van der Waals surface area contributed by atoms with Crippen LogP contribution in [0.5, 0.6) is 0 Å². The van der Waals surface area contributed by atoms with Gasteiger partial charge in [-0.3, -0.25) is 10.1 Å². The maximum atomic E-state index is 11.6. The monoisotopic (exact) mass is 246 g/mol. The Kier molecular flexibility index (Phi) is 5.06. The van der Waals surface area contributed by atoms with E-state index in [1.54, 1.807) is 11.8 Å². The van der Waals surface area contributed by atoms with Crippen molar-refractivity contribution >= 4 is 23.5 Å². The van der Waals surface area contributed by atoms with E-state index in [4.69, 9.17) is 11.6 Å². The molecule has 1 aliphatic heterocycles. The van der Waals surface area contributed by atoms with Crippen LogP contribution in [0.25, 0.3) is 0 Å². The molecule has 1 unspecified atom stereocenters. The summed E-state index contributed by atoms with van der Waals surface area (Å²) >= 11 is 5.57. The standard InChI is InChI=1S/C11H19ClN2O2/c1-3-9-4-6-14(7-5-9)11(16)13-10(15)8(2)12/h8-9H,3-7H2,1-2H3,(H,13,15,16). The molecule has 0 aromatic rings. The van der Waals surface area contributed by atoms with Crippen molar-refractivity contribution in [3.8, 4) is 0 Å². The number of carbonyl (C=O) groups is 2. The van der Waals surface area contributed by atoms with Gasteiger partial charge in [0, 0.05) is 13.1 Å². The average Bonchev–Trinajstić information content (AvgIpc) is 2.28. The molecule has 1 N–H and O–H groups in total. The van der Waals surface area contributed by atoms with Crippen LogP contribution in [0.1, 0.15) is 33.1 Å². The number of rotatable bonds is 2. The molecule has 5 heteroatoms. The van der Waals surface area contributed by atoms with Gasteiger partial charge in [-0.15, -0.1) is 11.6 Å². The maximum Gasteiger partial charge on any atom is 0.324 e. The molecule has 16 heavy (non-hydrogen) atoms. The van der Waals surface area contributed by atoms with Gasteiger partial charge in [-0.25, -0.2) is 4.79 Å². The number of carbonyl (C=O) groups excluding carboxylic acids is 2. The van der Waals surface area contributed by atoms with Gasteiger partial charge >= 0.3 is 6.03 Å². The van der Waals surface area contributed by atoms with Crippen LogP contribution in [0.3, 0.4) is 0 Å². The summed E-state index contributed by atoms with van der Waals surface area (Å²) in [5.74, 6) is 0.288. The highest BCUT2D eigenvalue weighted by molar-refractivity contribution is 6.31. The Morgan fingerprint density at radius 1 is 1.44 bits per heavy atom. The van der Waals surface area contributed by atoms with Gasteiger partial charge in [0.05, 0.1) is 0 Å². The van der Waals surface area contributed by atoms with E-state index >= 15 is 0 Å². The van der Waals surface area contributed by atoms with Crippen LogP contribution in [0.4, 0.5) is 4.79 Å². The largest absolute Gasteiger partial charge is 0.324 e. The van der Waals surface area contributed by atoms with E-state index in [0.717, 1.165) is 32.4 Å². The van der Waals surface area contributed by atoms with Crippen LogP contribution in [0.2, 0.25) is 0 Å². The van der Waals surface area contributed by atoms with E-state index in [0.29, 0.717) is 5.92 Å². The molecule has 1 aliphatic rings. The summed E-state index contributed by atoms with van der Waals surface area (Å²) in [4.78, 5) is 24.6. The smallest absolute Gasteiger partial charge is 0.324 e. The second-order valence-corrected chi connectivity index (χ2v) is 4.90. The lowest BCUT2D eigenvalue weighted by atomic mass is 9.95. The third-order valence-corrected chi connectivity index (χ3v) is 3.27. The van der Waals surface area contributed by atoms with Crippen molar-refractivity contribution in [1.29, 1.82) is 0 Å². The summed E-state index contributed by atoms with van der Waals surface area (Å²) in [5, 5.41) is 1.63. The molecule has 1 atom stereocenters. The molecule has 0 bridgehead atoms. The van der Waals surface area contributed by atoms with Gasteiger partial charge in [0.25, 0.3) is 0 Å². The zero-order valence-corrected chi connectivity index (χ0v) is 10.6. The molecule has 1 rings (SSSR count). The molecule has 0 saturated carbocycles. The van der Waals surface area contributed by atoms with Gasteiger partial charge < -0.3 is 4.90 Å². The van der Waals surface area contributed by atoms with Crippen molar-refractivity contribution < 1.29 is 9.59 Å². The minimum atomic E-state index is -0.669. The Balaban J connectivity index is 2.36. The Labute approximate surface area is 101 Å². The molecule has 0 radical (unpaired) electrons. The molecule has 0 aliphatic carbocycles. The first kappa shape index (κ1) is 13.3. The number of nitrogens with one attached hydrogen (secondary N) is 1. The zero-order valence-electron chi connectivity index (χ0n) is 9.83. The number of urea groups is 1. The van der Waals surface area contributed by atoms with E-state index in [1.807, 2.05) is 0 Å². The van der Waals surface area contributed by atoms with Gasteiger partial charge in [0.1, 0.15) is 5.38 Å². The van der Waals surface area contributed by atoms with Crippen LogP contribution in [-0.2, 0) is 4.79 Å². The molecular weight excluding hydrogens is 228 g/mol. The summed E-state index contributed by atoms with van der Waals surface area (Å²) in [5.41, 5.74) is 0. The molecule has 0 spiro atoms. The number of hydrogen-bond donors (Lipinski definition) is 1. The SMILES string of the molecule is CCC1CCN(C(=O)NC(=O)C(C)Cl)CC1. The number of halogens is 1. The second kappa shape index (κ2) is 6.09. The Morgan fingerprint density at radius 2 is 2.00 bits per heavy atom. The van der Waals surface area contributed by atoms with Crippen LogP contribution < -0.4 is 5.32 Å². The van der Waals surface area contributed by atoms with Crippen molar-refractivity contribution in [1.82, 2.24) is 10.2 Å². The molecule has 1 heterocycles. The van der Waals surface area contributed by atoms with Crippen LogP contribution in [0, 0.1) is 5.92 Å². The Morgan fingerprint density at radius 3 is 2.44 bits per heavy atom. The van der Waals surface area contributed by atoms with E-state index in [1.165, 1.54) is 0 Å². The van der Waals surface area contributed by atoms with E-state index < -0.39 is 11.3 Å². The number of nitrogens with zero attached hydrogens (tertiary/aromatic N) is 1. The first-order valence-electron chi connectivity index (χ1n) is 5.78. The molecule has 1 saturated heterocycles. The fourth-order valence-corrected chi connectivity index (χ4v) is 1.88. The number of alkyl halides is 1. The number of amides is 3. The van der Waals surface area contributed by atoms with E-state index in [-0.39, 0.29) is 6.03 Å². The molecule has 3 amide bonds. The average molecular weight is 247 g/mol. The van der Waals surface area contributed by atoms with Crippen molar-refractivity contribution in [2.75, 3.05) is 13.1 Å². The summed E-state index contributed by atoms with van der Waals surface area (Å²) in [7, 11) is 0. The fourth-order valence-electron chi connectivity index (χ4n) is 1.83. The van der Waals surface area contributed by atoms with Crippen LogP contribution in [-0.4, -0.2) is 35.3 Å². The van der Waals surface area contributed by atoms with Crippen molar-refractivity contribution in [3.05, 3.63) is 0 Å². The second-order valence-electron chi connectivity index (χ2n) is 4.25. The van der Waals surface area contributed by atoms with Crippen molar-refractivity contribution in [2.24, 2.45) is 5.92 Å². The van der Waals surface area contributed by atoms with Crippen LogP contribution >= 0.6 is 11.6 Å². The van der Waals surface area contributed by atoms with Gasteiger partial charge in [0.2, 0.25) is 5.91 Å². The van der Waals surface area contributed by atoms with Gasteiger partial charge in [0.15, 0.2) is 0 Å². The minimum Gasteiger partial charge on any atom is -0.324 e. The van der Waals surface area contributed by atoms with Gasteiger partial charge in [-0.2, -0.15) is 0 Å². The van der Waals surface area contributed by atoms with E-state index in [2.05, 4.69) is 12.2 Å². The third-order valence-electron chi connectivity index (χ3n) is 3.07. The predicted molar refractivity (Wildman–Crippen MR) is 63.4 cm³/mol. The first-order chi connectivity index (χ1) is 7.54. The summed E-state index contributed by atoms with van der Waals surface area (Å²) < 4.78 is 0. The first-order valence-corrected chi connectivity index (χ1v) is 6.22. The normalized spacial score (nSPS) is 19.3. The highest BCUT2D eigenvalue weighted by atomic mass is 35.5. The van der Waals surface area contributed by atoms with Crippen molar-refractivity contribution in [3.63, 3.8) is 0 Å². The number of piperidine rings is 1. The number of imide groups is 1. The fraction of sp³-hybridized carbons (Fsp3) is 0.818. The highest BCUT2D eigenvalue weighted by Gasteiger charge is 2.23. The number of likely N-dealkylation sites (tertiary alicyclic amines) is 1. The van der Waals surface area contributed by atoms with E-state index in [9.17, 15) is 9.59 Å². The number of hydrogen-bond acceptors (Lipinski definition) is 2. The summed E-state index contributed by atoms with van der Waals surface area (Å²) in [6.45, 7) is 5.18.